The minimum absolute atomic E-state index is 0.183. The number of aliphatic hydroxyl groups is 1. The van der Waals surface area contributed by atoms with E-state index in [0.29, 0.717) is 0 Å². The Bertz CT molecular complexity index is 483. The van der Waals surface area contributed by atoms with Crippen molar-refractivity contribution >= 4 is 28.2 Å². The summed E-state index contributed by atoms with van der Waals surface area (Å²) in [5.74, 6) is 3.46. The van der Waals surface area contributed by atoms with Crippen LogP contribution in [0.1, 0.15) is 38.5 Å². The first-order valence-corrected chi connectivity index (χ1v) is 9.79. The van der Waals surface area contributed by atoms with Crippen LogP contribution in [-0.4, -0.2) is 34.2 Å². The molecule has 0 aromatic carbocycles. The van der Waals surface area contributed by atoms with Crippen LogP contribution >= 0.6 is 23.1 Å². The first-order valence-electron chi connectivity index (χ1n) is 7.99. The number of hydrogen-bond acceptors (Lipinski definition) is 6. The maximum atomic E-state index is 10.9. The van der Waals surface area contributed by atoms with Crippen molar-refractivity contribution in [2.75, 3.05) is 18.1 Å². The highest BCUT2D eigenvalue weighted by molar-refractivity contribution is 8.01. The van der Waals surface area contributed by atoms with E-state index in [4.69, 9.17) is 0 Å². The molecule has 0 unspecified atom stereocenters. The Kier molecular flexibility index (Phi) is 3.66. The molecule has 1 aromatic heterocycles. The number of nitrogens with one attached hydrogen (secondary N) is 1. The van der Waals surface area contributed by atoms with Gasteiger partial charge in [0.25, 0.3) is 0 Å². The average molecular weight is 326 g/mol. The largest absolute Gasteiger partial charge is 0.392 e. The van der Waals surface area contributed by atoms with Gasteiger partial charge >= 0.3 is 0 Å². The van der Waals surface area contributed by atoms with Gasteiger partial charge in [-0.3, -0.25) is 0 Å². The minimum Gasteiger partial charge on any atom is -0.392 e. The standard InChI is InChI=1S/C15H23N3OS2/c1-16-13-17-18-14(21-13)20-8-12(19)15-5-9-2-10(6-15)4-11(3-9)7-15/h9-12,19H,2-8H2,1H3,(H,16,17)/t9?,10?,11?,12-,15?/m1/s1. The molecule has 4 saturated carbocycles. The molecule has 0 radical (unpaired) electrons. The molecule has 6 heteroatoms. The lowest BCUT2D eigenvalue weighted by Gasteiger charge is -2.58. The summed E-state index contributed by atoms with van der Waals surface area (Å²) in [4.78, 5) is 0. The van der Waals surface area contributed by atoms with Crippen molar-refractivity contribution in [2.24, 2.45) is 23.2 Å². The Morgan fingerprint density at radius 3 is 2.38 bits per heavy atom. The first-order chi connectivity index (χ1) is 10.2. The molecule has 0 spiro atoms. The van der Waals surface area contributed by atoms with E-state index in [1.165, 1.54) is 38.5 Å². The lowest BCUT2D eigenvalue weighted by molar-refractivity contribution is -0.112. The summed E-state index contributed by atoms with van der Waals surface area (Å²) in [7, 11) is 1.86. The second kappa shape index (κ2) is 5.39. The van der Waals surface area contributed by atoms with E-state index in [0.717, 1.165) is 33.0 Å². The summed E-state index contributed by atoms with van der Waals surface area (Å²) < 4.78 is 0.961. The predicted molar refractivity (Wildman–Crippen MR) is 86.8 cm³/mol. The highest BCUT2D eigenvalue weighted by Gasteiger charge is 2.53. The fourth-order valence-corrected chi connectivity index (χ4v) is 7.14. The van der Waals surface area contributed by atoms with Crippen LogP contribution in [0.3, 0.4) is 0 Å². The maximum Gasteiger partial charge on any atom is 0.206 e. The number of anilines is 1. The van der Waals surface area contributed by atoms with Crippen molar-refractivity contribution in [1.29, 1.82) is 0 Å². The molecule has 4 aliphatic carbocycles. The number of hydrogen-bond donors (Lipinski definition) is 2. The molecular weight excluding hydrogens is 302 g/mol. The summed E-state index contributed by atoms with van der Waals surface area (Å²) >= 11 is 3.24. The highest BCUT2D eigenvalue weighted by Crippen LogP contribution is 2.61. The van der Waals surface area contributed by atoms with Crippen molar-refractivity contribution in [3.63, 3.8) is 0 Å². The zero-order chi connectivity index (χ0) is 14.4. The molecule has 0 saturated heterocycles. The van der Waals surface area contributed by atoms with Gasteiger partial charge in [-0.25, -0.2) is 0 Å². The van der Waals surface area contributed by atoms with E-state index in [1.807, 2.05) is 7.05 Å². The second-order valence-electron chi connectivity index (χ2n) is 7.23. The summed E-state index contributed by atoms with van der Waals surface area (Å²) in [5.41, 5.74) is 0.221. The van der Waals surface area contributed by atoms with Crippen LogP contribution in [0.15, 0.2) is 4.34 Å². The lowest BCUT2D eigenvalue weighted by atomic mass is 9.48. The lowest BCUT2D eigenvalue weighted by Crippen LogP contribution is -2.52. The molecule has 2 N–H and O–H groups in total. The Balaban J connectivity index is 1.41. The van der Waals surface area contributed by atoms with E-state index < -0.39 is 0 Å². The molecule has 1 atom stereocenters. The molecule has 0 amide bonds. The van der Waals surface area contributed by atoms with E-state index in [9.17, 15) is 5.11 Å². The Hall–Kier alpha value is -0.330. The van der Waals surface area contributed by atoms with Crippen molar-refractivity contribution in [1.82, 2.24) is 10.2 Å². The molecule has 5 rings (SSSR count). The number of aromatic nitrogens is 2. The molecule has 1 heterocycles. The van der Waals surface area contributed by atoms with Gasteiger partial charge in [-0.05, 0) is 61.7 Å². The van der Waals surface area contributed by atoms with E-state index in [-0.39, 0.29) is 11.5 Å². The van der Waals surface area contributed by atoms with Crippen LogP contribution in [0.25, 0.3) is 0 Å². The Labute approximate surface area is 134 Å². The van der Waals surface area contributed by atoms with Crippen molar-refractivity contribution in [3.05, 3.63) is 0 Å². The SMILES string of the molecule is CNc1nnc(SC[C@@H](O)C23CC4CC(CC(C4)C2)C3)s1. The van der Waals surface area contributed by atoms with Gasteiger partial charge in [0.15, 0.2) is 4.34 Å². The summed E-state index contributed by atoms with van der Waals surface area (Å²) in [6, 6.07) is 0. The van der Waals surface area contributed by atoms with Gasteiger partial charge < -0.3 is 10.4 Å². The van der Waals surface area contributed by atoms with E-state index >= 15 is 0 Å². The molecule has 4 aliphatic rings. The molecule has 4 bridgehead atoms. The smallest absolute Gasteiger partial charge is 0.206 e. The molecule has 116 valence electrons. The average Bonchev–Trinajstić information content (AvgIpc) is 2.91. The van der Waals surface area contributed by atoms with Crippen LogP contribution in [0, 0.1) is 23.2 Å². The fraction of sp³-hybridized carbons (Fsp3) is 0.867. The Morgan fingerprint density at radius 1 is 1.24 bits per heavy atom. The van der Waals surface area contributed by atoms with E-state index in [2.05, 4.69) is 15.5 Å². The zero-order valence-electron chi connectivity index (χ0n) is 12.4. The quantitative estimate of drug-likeness (QED) is 0.814. The number of nitrogens with zero attached hydrogens (tertiary/aromatic N) is 2. The zero-order valence-corrected chi connectivity index (χ0v) is 14.1. The van der Waals surface area contributed by atoms with Gasteiger partial charge in [-0.2, -0.15) is 0 Å². The first kappa shape index (κ1) is 14.3. The Morgan fingerprint density at radius 2 is 1.86 bits per heavy atom. The summed E-state index contributed by atoms with van der Waals surface area (Å²) in [6.07, 6.45) is 7.90. The van der Waals surface area contributed by atoms with Crippen LogP contribution < -0.4 is 5.32 Å². The summed E-state index contributed by atoms with van der Waals surface area (Å²) in [6.45, 7) is 0. The van der Waals surface area contributed by atoms with Crippen LogP contribution in [0.4, 0.5) is 5.13 Å². The molecule has 4 nitrogen and oxygen atoms in total. The van der Waals surface area contributed by atoms with Crippen molar-refractivity contribution < 1.29 is 5.11 Å². The maximum absolute atomic E-state index is 10.9. The second-order valence-corrected chi connectivity index (χ2v) is 9.47. The fourth-order valence-electron chi connectivity index (χ4n) is 5.28. The normalized spacial score (nSPS) is 38.7. The highest BCUT2D eigenvalue weighted by atomic mass is 32.2. The number of aliphatic hydroxyl groups excluding tert-OH is 1. The third kappa shape index (κ3) is 2.59. The van der Waals surface area contributed by atoms with Gasteiger partial charge in [0.1, 0.15) is 0 Å². The molecule has 1 aromatic rings. The molecule has 21 heavy (non-hydrogen) atoms. The van der Waals surface area contributed by atoms with Crippen LogP contribution in [0.2, 0.25) is 0 Å². The number of thioether (sulfide) groups is 1. The van der Waals surface area contributed by atoms with Gasteiger partial charge in [0, 0.05) is 12.8 Å². The van der Waals surface area contributed by atoms with Crippen LogP contribution in [0.5, 0.6) is 0 Å². The van der Waals surface area contributed by atoms with Gasteiger partial charge in [0.2, 0.25) is 5.13 Å². The minimum atomic E-state index is -0.183. The van der Waals surface area contributed by atoms with E-state index in [1.54, 1.807) is 23.1 Å². The third-order valence-electron chi connectivity index (χ3n) is 5.78. The van der Waals surface area contributed by atoms with Crippen molar-refractivity contribution in [2.45, 2.75) is 49.0 Å². The van der Waals surface area contributed by atoms with Gasteiger partial charge in [-0.1, -0.05) is 23.1 Å². The van der Waals surface area contributed by atoms with Gasteiger partial charge in [0.05, 0.1) is 6.10 Å². The molecule has 4 fully saturated rings. The van der Waals surface area contributed by atoms with Gasteiger partial charge in [-0.15, -0.1) is 10.2 Å². The van der Waals surface area contributed by atoms with Crippen molar-refractivity contribution in [3.8, 4) is 0 Å². The predicted octanol–water partition coefficient (Wildman–Crippen LogP) is 3.25. The van der Waals surface area contributed by atoms with Crippen LogP contribution in [-0.2, 0) is 0 Å². The monoisotopic (exact) mass is 325 g/mol. The molecular formula is C15H23N3OS2. The number of rotatable bonds is 5. The third-order valence-corrected chi connectivity index (χ3v) is 7.93. The topological polar surface area (TPSA) is 58.0 Å². The molecule has 0 aliphatic heterocycles. The summed E-state index contributed by atoms with van der Waals surface area (Å²) in [5, 5.41) is 22.9.